The van der Waals surface area contributed by atoms with Crippen LogP contribution in [0.4, 0.5) is 0 Å². The van der Waals surface area contributed by atoms with Crippen molar-refractivity contribution in [1.82, 2.24) is 5.32 Å². The smallest absolute Gasteiger partial charge is 0.331 e. The van der Waals surface area contributed by atoms with E-state index in [0.29, 0.717) is 17.5 Å². The van der Waals surface area contributed by atoms with E-state index in [1.807, 2.05) is 25.1 Å². The van der Waals surface area contributed by atoms with E-state index in [9.17, 15) is 9.59 Å². The number of carboxylic acid groups (broad SMARTS) is 1. The third-order valence-corrected chi connectivity index (χ3v) is 4.05. The van der Waals surface area contributed by atoms with Gasteiger partial charge in [-0.05, 0) is 38.2 Å². The fourth-order valence-corrected chi connectivity index (χ4v) is 2.72. The Bertz CT molecular complexity index is 536. The lowest BCUT2D eigenvalue weighted by Gasteiger charge is -1.97. The maximum Gasteiger partial charge on any atom is 0.331 e. The molecule has 0 saturated heterocycles. The molecule has 0 spiro atoms. The van der Waals surface area contributed by atoms with Gasteiger partial charge in [-0.1, -0.05) is 35.9 Å². The zero-order valence-corrected chi connectivity index (χ0v) is 12.2. The molecular formula is C17H21NO3. The van der Waals surface area contributed by atoms with E-state index in [0.717, 1.165) is 37.7 Å². The number of carboxylic acids is 1. The van der Waals surface area contributed by atoms with Crippen molar-refractivity contribution in [2.45, 2.75) is 44.6 Å². The predicted molar refractivity (Wildman–Crippen MR) is 81.0 cm³/mol. The zero-order valence-electron chi connectivity index (χ0n) is 12.2. The van der Waals surface area contributed by atoms with Gasteiger partial charge in [-0.2, -0.15) is 0 Å². The number of hydrogen-bond donors (Lipinski definition) is 2. The summed E-state index contributed by atoms with van der Waals surface area (Å²) in [5.74, 6) is -0.179. The lowest BCUT2D eigenvalue weighted by Crippen LogP contribution is -2.14. The van der Waals surface area contributed by atoms with Gasteiger partial charge in [0.1, 0.15) is 0 Å². The first-order chi connectivity index (χ1) is 10.1. The maximum absolute atomic E-state index is 10.4. The van der Waals surface area contributed by atoms with Gasteiger partial charge in [-0.15, -0.1) is 0 Å². The van der Waals surface area contributed by atoms with Crippen LogP contribution in [-0.2, 0) is 9.59 Å². The van der Waals surface area contributed by atoms with Crippen molar-refractivity contribution < 1.29 is 14.7 Å². The van der Waals surface area contributed by atoms with E-state index < -0.39 is 5.97 Å². The molecule has 2 atom stereocenters. The molecule has 2 N–H and O–H groups in total. The van der Waals surface area contributed by atoms with Crippen LogP contribution in [0.2, 0.25) is 0 Å². The molecule has 0 radical (unpaired) electrons. The Morgan fingerprint density at radius 1 is 1.29 bits per heavy atom. The predicted octanol–water partition coefficient (Wildman–Crippen LogP) is 2.86. The molecule has 3 rings (SSSR count). The average Bonchev–Trinajstić information content (AvgIpc) is 3.11. The first kappa shape index (κ1) is 15.3. The van der Waals surface area contributed by atoms with Crippen molar-refractivity contribution in [2.75, 3.05) is 0 Å². The van der Waals surface area contributed by atoms with Crippen molar-refractivity contribution in [3.8, 4) is 0 Å². The normalized spacial score (nSPS) is 23.1. The van der Waals surface area contributed by atoms with Crippen molar-refractivity contribution in [3.05, 3.63) is 47.0 Å². The van der Waals surface area contributed by atoms with Crippen LogP contribution in [0.15, 0.2) is 41.5 Å². The van der Waals surface area contributed by atoms with E-state index in [1.165, 1.54) is 5.56 Å². The summed E-state index contributed by atoms with van der Waals surface area (Å²) < 4.78 is 0. The Labute approximate surface area is 124 Å². The summed E-state index contributed by atoms with van der Waals surface area (Å²) in [6.07, 6.45) is 4.63. The summed E-state index contributed by atoms with van der Waals surface area (Å²) in [5.41, 5.74) is 3.02. The standard InChI is InChI=1S/C10H11NO.C7H10O2/c12-7-11-10-6-9(10)8-4-2-1-3-5-8;1-5-3-2-4-6(5)7(8)9/h1-5,7,9-10H,6H2,(H,11,12);2-4H2,1H3,(H,8,9). The van der Waals surface area contributed by atoms with Crippen molar-refractivity contribution >= 4 is 12.4 Å². The molecule has 0 heterocycles. The van der Waals surface area contributed by atoms with Gasteiger partial charge < -0.3 is 10.4 Å². The largest absolute Gasteiger partial charge is 0.478 e. The van der Waals surface area contributed by atoms with E-state index in [4.69, 9.17) is 5.11 Å². The second-order valence-corrected chi connectivity index (χ2v) is 5.56. The van der Waals surface area contributed by atoms with E-state index in [2.05, 4.69) is 17.4 Å². The molecule has 1 aromatic carbocycles. The van der Waals surface area contributed by atoms with Gasteiger partial charge in [0.25, 0.3) is 0 Å². The lowest BCUT2D eigenvalue weighted by atomic mass is 10.1. The topological polar surface area (TPSA) is 66.4 Å². The molecule has 4 nitrogen and oxygen atoms in total. The number of carbonyl (C=O) groups is 2. The fourth-order valence-electron chi connectivity index (χ4n) is 2.72. The average molecular weight is 287 g/mol. The molecule has 4 heteroatoms. The quantitative estimate of drug-likeness (QED) is 0.837. The molecule has 1 saturated carbocycles. The molecule has 21 heavy (non-hydrogen) atoms. The van der Waals surface area contributed by atoms with Crippen molar-refractivity contribution in [1.29, 1.82) is 0 Å². The van der Waals surface area contributed by atoms with Crippen LogP contribution in [0.3, 0.4) is 0 Å². The van der Waals surface area contributed by atoms with Gasteiger partial charge in [-0.3, -0.25) is 4.79 Å². The number of allylic oxidation sites excluding steroid dienone is 1. The van der Waals surface area contributed by atoms with Crippen molar-refractivity contribution in [2.24, 2.45) is 0 Å². The maximum atomic E-state index is 10.4. The first-order valence-corrected chi connectivity index (χ1v) is 7.30. The number of amides is 1. The minimum atomic E-state index is -0.731. The van der Waals surface area contributed by atoms with Gasteiger partial charge >= 0.3 is 5.97 Å². The highest BCUT2D eigenvalue weighted by Crippen LogP contribution is 2.40. The summed E-state index contributed by atoms with van der Waals surface area (Å²) in [5, 5.41) is 11.3. The van der Waals surface area contributed by atoms with Crippen LogP contribution in [-0.4, -0.2) is 23.5 Å². The number of benzene rings is 1. The fraction of sp³-hybridized carbons (Fsp3) is 0.412. The molecule has 0 aliphatic heterocycles. The van der Waals surface area contributed by atoms with Gasteiger partial charge in [0, 0.05) is 17.5 Å². The van der Waals surface area contributed by atoms with Gasteiger partial charge in [0.2, 0.25) is 6.41 Å². The number of rotatable bonds is 4. The monoisotopic (exact) mass is 287 g/mol. The molecule has 2 unspecified atom stereocenters. The van der Waals surface area contributed by atoms with E-state index in [-0.39, 0.29) is 0 Å². The lowest BCUT2D eigenvalue weighted by molar-refractivity contribution is -0.132. The summed E-state index contributed by atoms with van der Waals surface area (Å²) in [6, 6.07) is 10.7. The van der Waals surface area contributed by atoms with Crippen LogP contribution in [0, 0.1) is 0 Å². The summed E-state index contributed by atoms with van der Waals surface area (Å²) in [4.78, 5) is 20.5. The summed E-state index contributed by atoms with van der Waals surface area (Å²) in [6.45, 7) is 1.90. The molecule has 2 aliphatic carbocycles. The molecule has 1 aromatic rings. The first-order valence-electron chi connectivity index (χ1n) is 7.30. The highest BCUT2D eigenvalue weighted by atomic mass is 16.4. The molecule has 0 bridgehead atoms. The number of carbonyl (C=O) groups excluding carboxylic acids is 1. The second-order valence-electron chi connectivity index (χ2n) is 5.56. The van der Waals surface area contributed by atoms with Crippen LogP contribution >= 0.6 is 0 Å². The van der Waals surface area contributed by atoms with Gasteiger partial charge in [0.15, 0.2) is 0 Å². The molecule has 2 aliphatic rings. The Balaban J connectivity index is 0.000000161. The highest BCUT2D eigenvalue weighted by molar-refractivity contribution is 5.87. The number of hydrogen-bond acceptors (Lipinski definition) is 2. The minimum Gasteiger partial charge on any atom is -0.478 e. The Hall–Kier alpha value is -2.10. The number of aliphatic carboxylic acids is 1. The van der Waals surface area contributed by atoms with Crippen LogP contribution in [0.5, 0.6) is 0 Å². The number of nitrogens with one attached hydrogen (secondary N) is 1. The minimum absolute atomic E-state index is 0.380. The zero-order chi connectivity index (χ0) is 15.2. The third-order valence-electron chi connectivity index (χ3n) is 4.05. The summed E-state index contributed by atoms with van der Waals surface area (Å²) in [7, 11) is 0. The molecule has 1 amide bonds. The summed E-state index contributed by atoms with van der Waals surface area (Å²) >= 11 is 0. The van der Waals surface area contributed by atoms with E-state index >= 15 is 0 Å². The van der Waals surface area contributed by atoms with Crippen LogP contribution < -0.4 is 5.32 Å². The van der Waals surface area contributed by atoms with Crippen molar-refractivity contribution in [3.63, 3.8) is 0 Å². The SMILES string of the molecule is CC1=C(C(=O)O)CCC1.O=CNC1CC1c1ccccc1. The Kier molecular flexibility index (Phi) is 5.14. The van der Waals surface area contributed by atoms with Crippen LogP contribution in [0.25, 0.3) is 0 Å². The Morgan fingerprint density at radius 3 is 2.48 bits per heavy atom. The molecular weight excluding hydrogens is 266 g/mol. The molecule has 112 valence electrons. The van der Waals surface area contributed by atoms with Gasteiger partial charge in [0.05, 0.1) is 0 Å². The second kappa shape index (κ2) is 7.07. The Morgan fingerprint density at radius 2 is 2.00 bits per heavy atom. The van der Waals surface area contributed by atoms with Crippen LogP contribution in [0.1, 0.15) is 44.1 Å². The van der Waals surface area contributed by atoms with Gasteiger partial charge in [-0.25, -0.2) is 4.79 Å². The third kappa shape index (κ3) is 4.18. The highest BCUT2D eigenvalue weighted by Gasteiger charge is 2.37. The van der Waals surface area contributed by atoms with E-state index in [1.54, 1.807) is 0 Å². The molecule has 0 aromatic heterocycles. The molecule has 1 fully saturated rings.